The summed E-state index contributed by atoms with van der Waals surface area (Å²) in [5.74, 6) is -0.978. The molecule has 1 aliphatic carbocycles. The van der Waals surface area contributed by atoms with Crippen molar-refractivity contribution in [1.82, 2.24) is 14.9 Å². The normalized spacial score (nSPS) is 22.5. The van der Waals surface area contributed by atoms with Crippen LogP contribution in [0.1, 0.15) is 29.8 Å². The number of sulfone groups is 1. The third kappa shape index (κ3) is 3.84. The van der Waals surface area contributed by atoms with E-state index in [0.717, 1.165) is 12.8 Å². The van der Waals surface area contributed by atoms with Crippen LogP contribution < -0.4 is 0 Å². The number of rotatable bonds is 5. The Labute approximate surface area is 133 Å². The van der Waals surface area contributed by atoms with Crippen molar-refractivity contribution in [3.63, 3.8) is 0 Å². The first-order valence-corrected chi connectivity index (χ1v) is 9.23. The highest BCUT2D eigenvalue weighted by atomic mass is 32.2. The van der Waals surface area contributed by atoms with E-state index in [1.54, 1.807) is 4.90 Å². The highest BCUT2D eigenvalue weighted by molar-refractivity contribution is 7.91. The molecule has 0 bridgehead atoms. The van der Waals surface area contributed by atoms with E-state index in [4.69, 9.17) is 4.74 Å². The topological polar surface area (TPSA) is 107 Å². The van der Waals surface area contributed by atoms with Crippen molar-refractivity contribution in [2.24, 2.45) is 0 Å². The van der Waals surface area contributed by atoms with Gasteiger partial charge in [0.15, 0.2) is 22.1 Å². The Morgan fingerprint density at radius 2 is 2.00 bits per heavy atom. The second-order valence-corrected chi connectivity index (χ2v) is 7.98. The summed E-state index contributed by atoms with van der Waals surface area (Å²) in [7, 11) is -3.07. The number of hydrogen-bond donors (Lipinski definition) is 0. The van der Waals surface area contributed by atoms with Gasteiger partial charge in [-0.05, 0) is 19.3 Å². The largest absolute Gasteiger partial charge is 0.451 e. The van der Waals surface area contributed by atoms with Crippen LogP contribution >= 0.6 is 0 Å². The molecule has 124 valence electrons. The minimum Gasteiger partial charge on any atom is -0.451 e. The molecule has 0 N–H and O–H groups in total. The Hall–Kier alpha value is -2.03. The molecule has 1 aromatic rings. The van der Waals surface area contributed by atoms with Crippen molar-refractivity contribution in [1.29, 1.82) is 0 Å². The molecule has 1 atom stereocenters. The average Bonchev–Trinajstić information content (AvgIpc) is 3.29. The first-order chi connectivity index (χ1) is 11.0. The Balaban J connectivity index is 1.60. The maximum atomic E-state index is 12.4. The summed E-state index contributed by atoms with van der Waals surface area (Å²) in [5, 5.41) is 0. The van der Waals surface area contributed by atoms with Crippen molar-refractivity contribution in [2.45, 2.75) is 31.3 Å². The van der Waals surface area contributed by atoms with Crippen LogP contribution in [0.3, 0.4) is 0 Å². The lowest BCUT2D eigenvalue weighted by Gasteiger charge is -2.28. The van der Waals surface area contributed by atoms with E-state index in [-0.39, 0.29) is 35.2 Å². The average molecular weight is 339 g/mol. The van der Waals surface area contributed by atoms with Gasteiger partial charge in [0, 0.05) is 24.5 Å². The lowest BCUT2D eigenvalue weighted by molar-refractivity contribution is -0.137. The van der Waals surface area contributed by atoms with Crippen LogP contribution in [0.15, 0.2) is 18.6 Å². The zero-order valence-corrected chi connectivity index (χ0v) is 13.2. The molecule has 0 unspecified atom stereocenters. The Kier molecular flexibility index (Phi) is 4.29. The lowest BCUT2D eigenvalue weighted by atomic mass is 10.2. The number of carbonyl (C=O) groups excluding carboxylic acids is 2. The molecule has 1 aliphatic heterocycles. The summed E-state index contributed by atoms with van der Waals surface area (Å²) in [6, 6.07) is -0.244. The van der Waals surface area contributed by atoms with E-state index < -0.39 is 22.4 Å². The van der Waals surface area contributed by atoms with E-state index in [1.807, 2.05) is 0 Å². The number of carbonyl (C=O) groups is 2. The number of hydrogen-bond acceptors (Lipinski definition) is 7. The molecule has 3 rings (SSSR count). The van der Waals surface area contributed by atoms with Gasteiger partial charge in [-0.2, -0.15) is 0 Å². The van der Waals surface area contributed by atoms with Crippen molar-refractivity contribution in [2.75, 3.05) is 18.1 Å². The van der Waals surface area contributed by atoms with Gasteiger partial charge in [-0.1, -0.05) is 0 Å². The molecular formula is C14H17N3O5S. The van der Waals surface area contributed by atoms with Crippen LogP contribution in [-0.4, -0.2) is 65.4 Å². The SMILES string of the molecule is O=C(OCC(=O)N(C1CC1)[C@@H]1CCS(=O)(=O)C1)c1cnccn1. The lowest BCUT2D eigenvalue weighted by Crippen LogP contribution is -2.44. The molecule has 0 aromatic carbocycles. The third-order valence-corrected chi connectivity index (χ3v) is 5.68. The Bertz CT molecular complexity index is 702. The summed E-state index contributed by atoms with van der Waals surface area (Å²) in [5.41, 5.74) is 0.0294. The first-order valence-electron chi connectivity index (χ1n) is 7.41. The minimum atomic E-state index is -3.07. The van der Waals surface area contributed by atoms with Gasteiger partial charge >= 0.3 is 5.97 Å². The van der Waals surface area contributed by atoms with Gasteiger partial charge in [0.05, 0.1) is 17.7 Å². The maximum absolute atomic E-state index is 12.4. The molecule has 1 saturated carbocycles. The Morgan fingerprint density at radius 3 is 2.57 bits per heavy atom. The summed E-state index contributed by atoms with van der Waals surface area (Å²) < 4.78 is 28.2. The van der Waals surface area contributed by atoms with E-state index >= 15 is 0 Å². The molecule has 1 amide bonds. The monoisotopic (exact) mass is 339 g/mol. The first kappa shape index (κ1) is 15.9. The van der Waals surface area contributed by atoms with Crippen molar-refractivity contribution in [3.8, 4) is 0 Å². The molecule has 0 spiro atoms. The van der Waals surface area contributed by atoms with Crippen LogP contribution in [0, 0.1) is 0 Å². The number of ether oxygens (including phenoxy) is 1. The van der Waals surface area contributed by atoms with Gasteiger partial charge in [-0.3, -0.25) is 9.78 Å². The van der Waals surface area contributed by atoms with Gasteiger partial charge in [0.1, 0.15) is 0 Å². The summed E-state index contributed by atoms with van der Waals surface area (Å²) in [6.45, 7) is -0.414. The summed E-state index contributed by atoms with van der Waals surface area (Å²) in [4.78, 5) is 33.3. The number of amides is 1. The molecule has 2 heterocycles. The molecule has 1 aromatic heterocycles. The molecular weight excluding hydrogens is 322 g/mol. The van der Waals surface area contributed by atoms with E-state index in [9.17, 15) is 18.0 Å². The Morgan fingerprint density at radius 1 is 1.22 bits per heavy atom. The van der Waals surface area contributed by atoms with Crippen molar-refractivity contribution in [3.05, 3.63) is 24.3 Å². The highest BCUT2D eigenvalue weighted by Gasteiger charge is 2.42. The van der Waals surface area contributed by atoms with Gasteiger partial charge < -0.3 is 9.64 Å². The fourth-order valence-electron chi connectivity index (χ4n) is 2.73. The van der Waals surface area contributed by atoms with Crippen LogP contribution in [0.5, 0.6) is 0 Å². The van der Waals surface area contributed by atoms with E-state index in [1.165, 1.54) is 18.6 Å². The zero-order valence-electron chi connectivity index (χ0n) is 12.4. The van der Waals surface area contributed by atoms with Gasteiger partial charge in [0.2, 0.25) is 0 Å². The fraction of sp³-hybridized carbons (Fsp3) is 0.571. The number of esters is 1. The van der Waals surface area contributed by atoms with Crippen LogP contribution in [0.4, 0.5) is 0 Å². The molecule has 9 heteroatoms. The van der Waals surface area contributed by atoms with E-state index in [2.05, 4.69) is 9.97 Å². The molecule has 2 fully saturated rings. The van der Waals surface area contributed by atoms with Gasteiger partial charge in [-0.25, -0.2) is 18.2 Å². The molecule has 0 radical (unpaired) electrons. The van der Waals surface area contributed by atoms with E-state index in [0.29, 0.717) is 6.42 Å². The number of nitrogens with zero attached hydrogens (tertiary/aromatic N) is 3. The van der Waals surface area contributed by atoms with Gasteiger partial charge in [-0.15, -0.1) is 0 Å². The minimum absolute atomic E-state index is 0.00660. The molecule has 1 saturated heterocycles. The standard InChI is InChI=1S/C14H17N3O5S/c18-13(8-22-14(19)12-7-15-4-5-16-12)17(10-1-2-10)11-3-6-23(20,21)9-11/h4-5,7,10-11H,1-3,6,8-9H2/t11-/m1/s1. The predicted octanol–water partition coefficient (Wildman–Crippen LogP) is -0.188. The molecule has 23 heavy (non-hydrogen) atoms. The summed E-state index contributed by atoms with van der Waals surface area (Å²) in [6.07, 6.45) is 6.22. The quantitative estimate of drug-likeness (QED) is 0.684. The fourth-order valence-corrected chi connectivity index (χ4v) is 4.44. The summed E-state index contributed by atoms with van der Waals surface area (Å²) >= 11 is 0. The second kappa shape index (κ2) is 6.23. The van der Waals surface area contributed by atoms with Crippen molar-refractivity contribution < 1.29 is 22.7 Å². The highest BCUT2D eigenvalue weighted by Crippen LogP contribution is 2.32. The van der Waals surface area contributed by atoms with Crippen LogP contribution in [0.2, 0.25) is 0 Å². The third-order valence-electron chi connectivity index (χ3n) is 3.93. The molecule has 2 aliphatic rings. The van der Waals surface area contributed by atoms with Gasteiger partial charge in [0.25, 0.3) is 5.91 Å². The predicted molar refractivity (Wildman–Crippen MR) is 79.2 cm³/mol. The van der Waals surface area contributed by atoms with Crippen LogP contribution in [0.25, 0.3) is 0 Å². The van der Waals surface area contributed by atoms with Crippen molar-refractivity contribution >= 4 is 21.7 Å². The maximum Gasteiger partial charge on any atom is 0.359 e. The second-order valence-electron chi connectivity index (χ2n) is 5.76. The zero-order chi connectivity index (χ0) is 16.4. The number of aromatic nitrogens is 2. The molecule has 8 nitrogen and oxygen atoms in total. The van der Waals surface area contributed by atoms with Crippen LogP contribution in [-0.2, 0) is 19.4 Å². The smallest absolute Gasteiger partial charge is 0.359 e.